The number of nitrogens with zero attached hydrogens (tertiary/aromatic N) is 1. The van der Waals surface area contributed by atoms with Gasteiger partial charge in [0.15, 0.2) is 11.6 Å². The molecule has 1 aromatic carbocycles. The van der Waals surface area contributed by atoms with Crippen LogP contribution in [0.3, 0.4) is 0 Å². The van der Waals surface area contributed by atoms with Gasteiger partial charge in [0.2, 0.25) is 0 Å². The van der Waals surface area contributed by atoms with Gasteiger partial charge in [0.1, 0.15) is 0 Å². The Bertz CT molecular complexity index is 649. The molecule has 4 aliphatic rings. The topological polar surface area (TPSA) is 38.7 Å². The first-order chi connectivity index (χ1) is 10.4. The molecule has 4 atom stereocenters. The van der Waals surface area contributed by atoms with E-state index in [0.717, 1.165) is 17.7 Å². The second-order valence-corrected chi connectivity index (χ2v) is 7.82. The summed E-state index contributed by atoms with van der Waals surface area (Å²) >= 11 is 0. The monoisotopic (exact) mass is 297 g/mol. The number of benzene rings is 1. The molecule has 1 heterocycles. The summed E-state index contributed by atoms with van der Waals surface area (Å²) in [5, 5.41) is 0. The van der Waals surface area contributed by atoms with Crippen molar-refractivity contribution >= 4 is 11.7 Å². The Kier molecular flexibility index (Phi) is 2.82. The zero-order valence-electron chi connectivity index (χ0n) is 13.5. The van der Waals surface area contributed by atoms with E-state index in [0.29, 0.717) is 18.3 Å². The molecule has 3 heteroatoms. The normalized spacial score (nSPS) is 38.4. The van der Waals surface area contributed by atoms with Crippen LogP contribution in [0, 0.1) is 17.3 Å². The highest BCUT2D eigenvalue weighted by Crippen LogP contribution is 2.63. The lowest BCUT2D eigenvalue weighted by Crippen LogP contribution is -2.68. The Morgan fingerprint density at radius 3 is 2.64 bits per heavy atom. The van der Waals surface area contributed by atoms with Crippen LogP contribution in [0.4, 0.5) is 0 Å². The van der Waals surface area contributed by atoms with Crippen LogP contribution in [0.25, 0.3) is 0 Å². The maximum atomic E-state index is 12.5. The maximum absolute atomic E-state index is 12.5. The van der Waals surface area contributed by atoms with Crippen LogP contribution < -0.4 is 0 Å². The zero-order valence-corrected chi connectivity index (χ0v) is 13.5. The highest BCUT2D eigenvalue weighted by atomic mass is 16.6. The second-order valence-electron chi connectivity index (χ2n) is 7.82. The van der Waals surface area contributed by atoms with E-state index in [1.807, 2.05) is 30.3 Å². The predicted molar refractivity (Wildman–Crippen MR) is 85.9 cm³/mol. The number of rotatable bonds is 2. The van der Waals surface area contributed by atoms with E-state index in [-0.39, 0.29) is 17.4 Å². The molecule has 0 unspecified atom stereocenters. The summed E-state index contributed by atoms with van der Waals surface area (Å²) in [7, 11) is 0. The molecular weight excluding hydrogens is 274 g/mol. The molecule has 3 fully saturated rings. The molecule has 3 aliphatic carbocycles. The van der Waals surface area contributed by atoms with E-state index < -0.39 is 5.60 Å². The molecule has 0 amide bonds. The van der Waals surface area contributed by atoms with Gasteiger partial charge in [-0.3, -0.25) is 4.99 Å². The standard InChI is InChI=1S/C19H23NO2/c1-18(2)13-10-15(18)19(3)16(11-13)20-14(17(21)22-19)9-12-7-5-4-6-8-12/h4-8,13-15H,9-11H2,1-3H3/t13-,14-,15-,19-/m0/s1. The summed E-state index contributed by atoms with van der Waals surface area (Å²) in [4.78, 5) is 17.3. The van der Waals surface area contributed by atoms with Crippen molar-refractivity contribution in [3.8, 4) is 0 Å². The molecule has 116 valence electrons. The first-order valence-corrected chi connectivity index (χ1v) is 8.25. The average molecular weight is 297 g/mol. The summed E-state index contributed by atoms with van der Waals surface area (Å²) in [5.74, 6) is 0.953. The van der Waals surface area contributed by atoms with Crippen molar-refractivity contribution in [1.29, 1.82) is 0 Å². The van der Waals surface area contributed by atoms with Crippen molar-refractivity contribution in [2.24, 2.45) is 22.2 Å². The molecular formula is C19H23NO2. The number of hydrogen-bond acceptors (Lipinski definition) is 3. The Morgan fingerprint density at radius 1 is 1.23 bits per heavy atom. The van der Waals surface area contributed by atoms with E-state index in [4.69, 9.17) is 9.73 Å². The maximum Gasteiger partial charge on any atom is 0.332 e. The lowest BCUT2D eigenvalue weighted by Gasteiger charge is -2.64. The fourth-order valence-corrected chi connectivity index (χ4v) is 4.73. The smallest absolute Gasteiger partial charge is 0.332 e. The number of carbonyl (C=O) groups excluding carboxylic acids is 1. The SMILES string of the molecule is CC1(C)[C@@H]2CC3=N[C@@H](Cc4ccccc4)C(=O)O[C@@]3(C)[C@H]1C2. The van der Waals surface area contributed by atoms with Crippen molar-refractivity contribution < 1.29 is 9.53 Å². The van der Waals surface area contributed by atoms with Gasteiger partial charge < -0.3 is 4.74 Å². The number of esters is 1. The van der Waals surface area contributed by atoms with Gasteiger partial charge in [0.25, 0.3) is 0 Å². The van der Waals surface area contributed by atoms with Crippen molar-refractivity contribution in [3.05, 3.63) is 35.9 Å². The van der Waals surface area contributed by atoms with Gasteiger partial charge in [0.05, 0.1) is 5.71 Å². The van der Waals surface area contributed by atoms with Crippen LogP contribution in [0.1, 0.15) is 39.2 Å². The van der Waals surface area contributed by atoms with Crippen molar-refractivity contribution in [1.82, 2.24) is 0 Å². The number of hydrogen-bond donors (Lipinski definition) is 0. The molecule has 3 saturated carbocycles. The predicted octanol–water partition coefficient (Wildman–Crippen LogP) is 3.42. The largest absolute Gasteiger partial charge is 0.451 e. The molecule has 22 heavy (non-hydrogen) atoms. The average Bonchev–Trinajstić information content (AvgIpc) is 2.48. The minimum absolute atomic E-state index is 0.156. The Morgan fingerprint density at radius 2 is 1.95 bits per heavy atom. The molecule has 0 aromatic heterocycles. The third kappa shape index (κ3) is 1.81. The van der Waals surface area contributed by atoms with E-state index in [1.165, 1.54) is 6.42 Å². The van der Waals surface area contributed by atoms with Crippen LogP contribution in [-0.2, 0) is 16.0 Å². The molecule has 0 spiro atoms. The van der Waals surface area contributed by atoms with Gasteiger partial charge in [-0.1, -0.05) is 44.2 Å². The third-order valence-corrected chi connectivity index (χ3v) is 6.32. The lowest BCUT2D eigenvalue weighted by atomic mass is 9.43. The highest BCUT2D eigenvalue weighted by Gasteiger charge is 2.65. The summed E-state index contributed by atoms with van der Waals surface area (Å²) in [6, 6.07) is 9.71. The van der Waals surface area contributed by atoms with Crippen LogP contribution in [0.15, 0.2) is 35.3 Å². The quantitative estimate of drug-likeness (QED) is 0.785. The second kappa shape index (κ2) is 4.43. The van der Waals surface area contributed by atoms with Gasteiger partial charge in [-0.25, -0.2) is 4.79 Å². The van der Waals surface area contributed by atoms with E-state index in [2.05, 4.69) is 20.8 Å². The van der Waals surface area contributed by atoms with E-state index in [1.54, 1.807) is 0 Å². The number of ether oxygens (including phenoxy) is 1. The minimum atomic E-state index is -0.470. The van der Waals surface area contributed by atoms with Crippen molar-refractivity contribution in [3.63, 3.8) is 0 Å². The Balaban J connectivity index is 1.63. The Hall–Kier alpha value is -1.64. The lowest BCUT2D eigenvalue weighted by molar-refractivity contribution is -0.187. The molecule has 1 aliphatic heterocycles. The van der Waals surface area contributed by atoms with E-state index >= 15 is 0 Å². The Labute approximate surface area is 131 Å². The highest BCUT2D eigenvalue weighted by molar-refractivity contribution is 6.00. The fraction of sp³-hybridized carbons (Fsp3) is 0.579. The van der Waals surface area contributed by atoms with Gasteiger partial charge in [-0.15, -0.1) is 0 Å². The van der Waals surface area contributed by atoms with E-state index in [9.17, 15) is 4.79 Å². The third-order valence-electron chi connectivity index (χ3n) is 6.32. The molecule has 2 bridgehead atoms. The molecule has 0 radical (unpaired) electrons. The van der Waals surface area contributed by atoms with Crippen LogP contribution in [0.5, 0.6) is 0 Å². The summed E-state index contributed by atoms with van der Waals surface area (Å²) in [6.45, 7) is 6.68. The van der Waals surface area contributed by atoms with Gasteiger partial charge in [-0.2, -0.15) is 0 Å². The summed E-state index contributed by atoms with van der Waals surface area (Å²) in [5.41, 5.74) is 2.05. The van der Waals surface area contributed by atoms with Gasteiger partial charge in [-0.05, 0) is 36.7 Å². The molecule has 0 saturated heterocycles. The summed E-state index contributed by atoms with van der Waals surface area (Å²) in [6.07, 6.45) is 2.79. The number of aliphatic imine (C=N–C) groups is 1. The first kappa shape index (κ1) is 14.0. The number of carbonyl (C=O) groups is 1. The zero-order chi connectivity index (χ0) is 15.5. The summed E-state index contributed by atoms with van der Waals surface area (Å²) < 4.78 is 5.98. The van der Waals surface area contributed by atoms with Crippen LogP contribution in [-0.4, -0.2) is 23.3 Å². The fourth-order valence-electron chi connectivity index (χ4n) is 4.73. The molecule has 3 nitrogen and oxygen atoms in total. The first-order valence-electron chi connectivity index (χ1n) is 8.25. The van der Waals surface area contributed by atoms with Crippen LogP contribution >= 0.6 is 0 Å². The molecule has 1 aromatic rings. The minimum Gasteiger partial charge on any atom is -0.451 e. The van der Waals surface area contributed by atoms with Crippen molar-refractivity contribution in [2.75, 3.05) is 0 Å². The van der Waals surface area contributed by atoms with Gasteiger partial charge in [0, 0.05) is 12.3 Å². The molecule has 0 N–H and O–H groups in total. The van der Waals surface area contributed by atoms with Gasteiger partial charge >= 0.3 is 5.97 Å². The van der Waals surface area contributed by atoms with Crippen molar-refractivity contribution in [2.45, 2.75) is 51.7 Å². The molecule has 5 rings (SSSR count). The van der Waals surface area contributed by atoms with Crippen LogP contribution in [0.2, 0.25) is 0 Å².